The van der Waals surface area contributed by atoms with Crippen LogP contribution in [0.15, 0.2) is 42.5 Å². The molecule has 0 heterocycles. The molecule has 1 atom stereocenters. The van der Waals surface area contributed by atoms with Crippen LogP contribution in [0.3, 0.4) is 0 Å². The Morgan fingerprint density at radius 2 is 1.78 bits per heavy atom. The Morgan fingerprint density at radius 1 is 1.04 bits per heavy atom. The summed E-state index contributed by atoms with van der Waals surface area (Å²) in [6.07, 6.45) is 0.276. The van der Waals surface area contributed by atoms with E-state index in [1.165, 1.54) is 13.8 Å². The van der Waals surface area contributed by atoms with E-state index in [4.69, 9.17) is 4.74 Å². The minimum absolute atomic E-state index is 0.00593. The maximum absolute atomic E-state index is 12.1. The zero-order valence-electron chi connectivity index (χ0n) is 15.3. The first kappa shape index (κ1) is 19.2. The Balaban J connectivity index is 1.79. The van der Waals surface area contributed by atoms with Crippen molar-refractivity contribution in [2.45, 2.75) is 26.2 Å². The van der Waals surface area contributed by atoms with Crippen LogP contribution in [-0.4, -0.2) is 29.4 Å². The van der Waals surface area contributed by atoms with Crippen molar-refractivity contribution in [3.05, 3.63) is 53.6 Å². The predicted molar refractivity (Wildman–Crippen MR) is 107 cm³/mol. The van der Waals surface area contributed by atoms with Crippen LogP contribution in [0.4, 0.5) is 5.69 Å². The highest BCUT2D eigenvalue weighted by atomic mass is 32.2. The number of nitrogens with one attached hydrogen (secondary N) is 1. The number of thioether (sulfide) groups is 1. The second kappa shape index (κ2) is 8.39. The number of rotatable bonds is 6. The fourth-order valence-electron chi connectivity index (χ4n) is 3.28. The molecular formula is C21H21NO4S. The summed E-state index contributed by atoms with van der Waals surface area (Å²) in [4.78, 5) is 34.3. The molecule has 1 aliphatic carbocycles. The number of benzene rings is 2. The number of fused-ring (bicyclic) bond motifs is 3. The highest BCUT2D eigenvalue weighted by molar-refractivity contribution is 8.13. The Bertz CT molecular complexity index is 894. The van der Waals surface area contributed by atoms with E-state index in [0.717, 1.165) is 34.0 Å². The van der Waals surface area contributed by atoms with Gasteiger partial charge in [0.05, 0.1) is 0 Å². The van der Waals surface area contributed by atoms with Crippen LogP contribution in [-0.2, 0) is 19.1 Å². The van der Waals surface area contributed by atoms with Gasteiger partial charge < -0.3 is 10.1 Å². The lowest BCUT2D eigenvalue weighted by molar-refractivity contribution is -0.141. The van der Waals surface area contributed by atoms with Gasteiger partial charge >= 0.3 is 5.97 Å². The summed E-state index contributed by atoms with van der Waals surface area (Å²) >= 11 is 1.14. The molecule has 0 saturated heterocycles. The summed E-state index contributed by atoms with van der Waals surface area (Å²) in [5, 5.41) is 2.89. The quantitative estimate of drug-likeness (QED) is 0.764. The number of hydrogen-bond acceptors (Lipinski definition) is 5. The molecule has 0 bridgehead atoms. The second-order valence-corrected chi connectivity index (χ2v) is 7.65. The summed E-state index contributed by atoms with van der Waals surface area (Å²) in [7, 11) is 0. The van der Waals surface area contributed by atoms with Crippen LogP contribution in [0.1, 0.15) is 37.3 Å². The lowest BCUT2D eigenvalue weighted by Gasteiger charge is -2.14. The lowest BCUT2D eigenvalue weighted by Crippen LogP contribution is -2.13. The van der Waals surface area contributed by atoms with Gasteiger partial charge in [-0.25, -0.2) is 0 Å². The topological polar surface area (TPSA) is 72.5 Å². The fraction of sp³-hybridized carbons (Fsp3) is 0.286. The molecule has 1 amide bonds. The van der Waals surface area contributed by atoms with Gasteiger partial charge in [0.2, 0.25) is 5.91 Å². The molecule has 0 radical (unpaired) electrons. The average Bonchev–Trinajstić information content (AvgIpc) is 2.92. The molecule has 0 spiro atoms. The third-order valence-corrected chi connectivity index (χ3v) is 5.24. The normalized spacial score (nSPS) is 14.2. The Labute approximate surface area is 162 Å². The van der Waals surface area contributed by atoms with E-state index in [0.29, 0.717) is 11.4 Å². The van der Waals surface area contributed by atoms with E-state index >= 15 is 0 Å². The van der Waals surface area contributed by atoms with Gasteiger partial charge in [0.1, 0.15) is 6.61 Å². The number of anilines is 1. The first-order valence-electron chi connectivity index (χ1n) is 8.75. The maximum Gasteiger partial charge on any atom is 0.302 e. The third kappa shape index (κ3) is 4.57. The van der Waals surface area contributed by atoms with Crippen LogP contribution >= 0.6 is 11.8 Å². The van der Waals surface area contributed by atoms with Crippen LogP contribution in [0.5, 0.6) is 0 Å². The molecule has 3 rings (SSSR count). The van der Waals surface area contributed by atoms with Gasteiger partial charge in [-0.3, -0.25) is 14.4 Å². The lowest BCUT2D eigenvalue weighted by atomic mass is 9.97. The standard InChI is InChI=1S/C21H21NO4S/c1-13(23)26-12-20-17-6-4-3-5-16(17)18-8-7-15(11-19(18)20)22-21(25)9-10-27-14(2)24/h3-8,11,20H,9-10,12H2,1-2H3,(H,22,25). The van der Waals surface area contributed by atoms with Gasteiger partial charge in [-0.05, 0) is 34.4 Å². The maximum atomic E-state index is 12.1. The van der Waals surface area contributed by atoms with Crippen molar-refractivity contribution in [2.75, 3.05) is 17.7 Å². The number of hydrogen-bond donors (Lipinski definition) is 1. The summed E-state index contributed by atoms with van der Waals surface area (Å²) in [5.74, 6) is -0.0265. The van der Waals surface area contributed by atoms with Crippen molar-refractivity contribution in [3.8, 4) is 11.1 Å². The smallest absolute Gasteiger partial charge is 0.302 e. The van der Waals surface area contributed by atoms with Crippen molar-refractivity contribution in [3.63, 3.8) is 0 Å². The van der Waals surface area contributed by atoms with Gasteiger partial charge in [0, 0.05) is 37.6 Å². The summed E-state index contributed by atoms with van der Waals surface area (Å²) < 4.78 is 5.28. The molecule has 140 valence electrons. The zero-order chi connectivity index (χ0) is 19.4. The Kier molecular flexibility index (Phi) is 5.96. The minimum atomic E-state index is -0.312. The predicted octanol–water partition coefficient (Wildman–Crippen LogP) is 3.97. The third-order valence-electron chi connectivity index (χ3n) is 4.42. The van der Waals surface area contributed by atoms with Crippen molar-refractivity contribution in [1.29, 1.82) is 0 Å². The van der Waals surface area contributed by atoms with Crippen LogP contribution in [0.25, 0.3) is 11.1 Å². The monoisotopic (exact) mass is 383 g/mol. The van der Waals surface area contributed by atoms with E-state index < -0.39 is 0 Å². The summed E-state index contributed by atoms with van der Waals surface area (Å²) in [6.45, 7) is 3.16. The highest BCUT2D eigenvalue weighted by Crippen LogP contribution is 2.45. The zero-order valence-corrected chi connectivity index (χ0v) is 16.1. The molecule has 0 fully saturated rings. The molecule has 0 saturated carbocycles. The van der Waals surface area contributed by atoms with Crippen molar-refractivity contribution in [2.24, 2.45) is 0 Å². The minimum Gasteiger partial charge on any atom is -0.465 e. The molecule has 2 aromatic carbocycles. The number of esters is 1. The Hall–Kier alpha value is -2.60. The molecule has 6 heteroatoms. The van der Waals surface area contributed by atoms with E-state index in [2.05, 4.69) is 11.4 Å². The van der Waals surface area contributed by atoms with Crippen molar-refractivity contribution >= 4 is 34.4 Å². The van der Waals surface area contributed by atoms with Gasteiger partial charge in [-0.1, -0.05) is 42.1 Å². The van der Waals surface area contributed by atoms with Gasteiger partial charge in [-0.15, -0.1) is 0 Å². The van der Waals surface area contributed by atoms with Gasteiger partial charge in [0.15, 0.2) is 5.12 Å². The first-order chi connectivity index (χ1) is 13.0. The van der Waals surface area contributed by atoms with Crippen LogP contribution in [0, 0.1) is 0 Å². The fourth-order valence-corrected chi connectivity index (χ4v) is 3.85. The van der Waals surface area contributed by atoms with E-state index in [9.17, 15) is 14.4 Å². The van der Waals surface area contributed by atoms with Crippen molar-refractivity contribution in [1.82, 2.24) is 0 Å². The molecule has 0 aliphatic heterocycles. The molecular weight excluding hydrogens is 362 g/mol. The Morgan fingerprint density at radius 3 is 2.52 bits per heavy atom. The van der Waals surface area contributed by atoms with Crippen molar-refractivity contribution < 1.29 is 19.1 Å². The van der Waals surface area contributed by atoms with Crippen LogP contribution < -0.4 is 5.32 Å². The molecule has 1 unspecified atom stereocenters. The molecule has 5 nitrogen and oxygen atoms in total. The number of carbonyl (C=O) groups excluding carboxylic acids is 3. The molecule has 1 aliphatic rings. The first-order valence-corrected chi connectivity index (χ1v) is 9.74. The van der Waals surface area contributed by atoms with E-state index in [-0.39, 0.29) is 35.9 Å². The number of ether oxygens (including phenoxy) is 1. The van der Waals surface area contributed by atoms with Gasteiger partial charge in [0.25, 0.3) is 0 Å². The summed E-state index contributed by atoms with van der Waals surface area (Å²) in [5.41, 5.74) is 5.07. The van der Waals surface area contributed by atoms with E-state index in [1.807, 2.05) is 36.4 Å². The largest absolute Gasteiger partial charge is 0.465 e. The summed E-state index contributed by atoms with van der Waals surface area (Å²) in [6, 6.07) is 13.9. The molecule has 0 aromatic heterocycles. The average molecular weight is 383 g/mol. The number of amides is 1. The highest BCUT2D eigenvalue weighted by Gasteiger charge is 2.29. The SMILES string of the molecule is CC(=O)OCC1c2ccccc2-c2ccc(NC(=O)CCSC(C)=O)cc21. The molecule has 1 N–H and O–H groups in total. The number of carbonyl (C=O) groups is 3. The van der Waals surface area contributed by atoms with Gasteiger partial charge in [-0.2, -0.15) is 0 Å². The molecule has 27 heavy (non-hydrogen) atoms. The van der Waals surface area contributed by atoms with Crippen LogP contribution in [0.2, 0.25) is 0 Å². The molecule has 2 aromatic rings. The van der Waals surface area contributed by atoms with E-state index in [1.54, 1.807) is 0 Å². The second-order valence-electron chi connectivity index (χ2n) is 6.38.